The van der Waals surface area contributed by atoms with Crippen molar-refractivity contribution < 1.29 is 4.74 Å². The standard InChI is InChI=1S/C11H11NOS/c1-8-4-3-5-9(11(8)13-2)10-6-7-14-12-10/h3-7H,1-2H3. The lowest BCUT2D eigenvalue weighted by Gasteiger charge is -2.08. The number of aryl methyl sites for hydroxylation is 1. The number of ether oxygens (including phenoxy) is 1. The predicted molar refractivity (Wildman–Crippen MR) is 58.8 cm³/mol. The minimum absolute atomic E-state index is 0.915. The van der Waals surface area contributed by atoms with E-state index in [1.807, 2.05) is 36.6 Å². The van der Waals surface area contributed by atoms with Gasteiger partial charge in [0.1, 0.15) is 5.75 Å². The molecule has 0 bridgehead atoms. The lowest BCUT2D eigenvalue weighted by Crippen LogP contribution is -1.90. The van der Waals surface area contributed by atoms with Gasteiger partial charge in [0.15, 0.2) is 0 Å². The summed E-state index contributed by atoms with van der Waals surface area (Å²) in [5.41, 5.74) is 3.18. The number of para-hydroxylation sites is 1. The van der Waals surface area contributed by atoms with E-state index in [2.05, 4.69) is 4.37 Å². The van der Waals surface area contributed by atoms with E-state index in [1.54, 1.807) is 7.11 Å². The Labute approximate surface area is 87.3 Å². The number of rotatable bonds is 2. The zero-order chi connectivity index (χ0) is 9.97. The second kappa shape index (κ2) is 3.80. The molecule has 1 aromatic carbocycles. The van der Waals surface area contributed by atoms with Crippen LogP contribution in [0.15, 0.2) is 29.6 Å². The topological polar surface area (TPSA) is 22.1 Å². The maximum atomic E-state index is 5.36. The van der Waals surface area contributed by atoms with Gasteiger partial charge in [0.25, 0.3) is 0 Å². The van der Waals surface area contributed by atoms with Gasteiger partial charge in [-0.05, 0) is 36.2 Å². The molecule has 3 heteroatoms. The third-order valence-corrected chi connectivity index (χ3v) is 2.69. The fourth-order valence-corrected chi connectivity index (χ4v) is 2.00. The molecule has 0 unspecified atom stereocenters. The number of benzene rings is 1. The van der Waals surface area contributed by atoms with Crippen LogP contribution in [0.2, 0.25) is 0 Å². The third kappa shape index (κ3) is 1.51. The molecule has 72 valence electrons. The molecule has 0 saturated carbocycles. The van der Waals surface area contributed by atoms with E-state index in [1.165, 1.54) is 11.5 Å². The molecule has 2 nitrogen and oxygen atoms in total. The van der Waals surface area contributed by atoms with Gasteiger partial charge in [0, 0.05) is 10.9 Å². The van der Waals surface area contributed by atoms with Crippen molar-refractivity contribution in [2.45, 2.75) is 6.92 Å². The lowest BCUT2D eigenvalue weighted by atomic mass is 10.1. The molecule has 0 spiro atoms. The van der Waals surface area contributed by atoms with Crippen molar-refractivity contribution in [3.8, 4) is 17.0 Å². The third-order valence-electron chi connectivity index (χ3n) is 2.13. The summed E-state index contributed by atoms with van der Waals surface area (Å²) in [5, 5.41) is 1.97. The van der Waals surface area contributed by atoms with E-state index in [0.717, 1.165) is 22.6 Å². The molecule has 1 aromatic heterocycles. The van der Waals surface area contributed by atoms with Gasteiger partial charge in [0.2, 0.25) is 0 Å². The molecule has 0 atom stereocenters. The zero-order valence-electron chi connectivity index (χ0n) is 8.15. The predicted octanol–water partition coefficient (Wildman–Crippen LogP) is 3.13. The highest BCUT2D eigenvalue weighted by Gasteiger charge is 2.08. The van der Waals surface area contributed by atoms with Gasteiger partial charge in [-0.2, -0.15) is 4.37 Å². The number of aromatic nitrogens is 1. The van der Waals surface area contributed by atoms with E-state index in [4.69, 9.17) is 4.74 Å². The van der Waals surface area contributed by atoms with Gasteiger partial charge < -0.3 is 4.74 Å². The van der Waals surface area contributed by atoms with E-state index >= 15 is 0 Å². The summed E-state index contributed by atoms with van der Waals surface area (Å²) >= 11 is 1.45. The highest BCUT2D eigenvalue weighted by atomic mass is 32.1. The summed E-state index contributed by atoms with van der Waals surface area (Å²) < 4.78 is 9.66. The van der Waals surface area contributed by atoms with Gasteiger partial charge in [-0.15, -0.1) is 0 Å². The first-order valence-electron chi connectivity index (χ1n) is 4.37. The summed E-state index contributed by atoms with van der Waals surface area (Å²) in [4.78, 5) is 0. The fraction of sp³-hybridized carbons (Fsp3) is 0.182. The van der Waals surface area contributed by atoms with Crippen molar-refractivity contribution in [1.29, 1.82) is 0 Å². The largest absolute Gasteiger partial charge is 0.496 e. The van der Waals surface area contributed by atoms with Crippen LogP contribution in [0.5, 0.6) is 5.75 Å². The maximum Gasteiger partial charge on any atom is 0.131 e. The minimum atomic E-state index is 0.915. The number of nitrogens with zero attached hydrogens (tertiary/aromatic N) is 1. The van der Waals surface area contributed by atoms with E-state index in [-0.39, 0.29) is 0 Å². The van der Waals surface area contributed by atoms with Crippen molar-refractivity contribution in [1.82, 2.24) is 4.37 Å². The van der Waals surface area contributed by atoms with Gasteiger partial charge in [-0.1, -0.05) is 12.1 Å². The first-order valence-corrected chi connectivity index (χ1v) is 5.21. The molecule has 1 heterocycles. The van der Waals surface area contributed by atoms with Crippen LogP contribution in [-0.4, -0.2) is 11.5 Å². The Morgan fingerprint density at radius 3 is 2.79 bits per heavy atom. The smallest absolute Gasteiger partial charge is 0.131 e. The fourth-order valence-electron chi connectivity index (χ4n) is 1.48. The highest BCUT2D eigenvalue weighted by Crippen LogP contribution is 2.31. The van der Waals surface area contributed by atoms with Crippen molar-refractivity contribution >= 4 is 11.5 Å². The summed E-state index contributed by atoms with van der Waals surface area (Å²) in [7, 11) is 1.69. The Morgan fingerprint density at radius 2 is 2.14 bits per heavy atom. The van der Waals surface area contributed by atoms with Crippen LogP contribution in [0.1, 0.15) is 5.56 Å². The molecule has 0 amide bonds. The van der Waals surface area contributed by atoms with Crippen molar-refractivity contribution in [2.75, 3.05) is 7.11 Å². The highest BCUT2D eigenvalue weighted by molar-refractivity contribution is 7.03. The Kier molecular flexibility index (Phi) is 2.50. The van der Waals surface area contributed by atoms with Crippen LogP contribution in [0, 0.1) is 6.92 Å². The summed E-state index contributed by atoms with van der Waals surface area (Å²) in [6, 6.07) is 8.09. The molecule has 0 aliphatic carbocycles. The molecule has 0 radical (unpaired) electrons. The molecule has 0 fully saturated rings. The Morgan fingerprint density at radius 1 is 1.29 bits per heavy atom. The molecule has 2 aromatic rings. The first kappa shape index (κ1) is 9.21. The number of hydrogen-bond donors (Lipinski definition) is 0. The molecule has 0 N–H and O–H groups in total. The van der Waals surface area contributed by atoms with Crippen molar-refractivity contribution in [3.05, 3.63) is 35.2 Å². The molecule has 14 heavy (non-hydrogen) atoms. The SMILES string of the molecule is COc1c(C)cccc1-c1ccsn1. The van der Waals surface area contributed by atoms with Gasteiger partial charge in [0.05, 0.1) is 12.8 Å². The average Bonchev–Trinajstić information content (AvgIpc) is 2.70. The van der Waals surface area contributed by atoms with Gasteiger partial charge in [-0.3, -0.25) is 0 Å². The van der Waals surface area contributed by atoms with Crippen LogP contribution >= 0.6 is 11.5 Å². The molecule has 0 aliphatic heterocycles. The molecular formula is C11H11NOS. The zero-order valence-corrected chi connectivity index (χ0v) is 8.97. The monoisotopic (exact) mass is 205 g/mol. The molecule has 0 saturated heterocycles. The second-order valence-corrected chi connectivity index (χ2v) is 3.71. The van der Waals surface area contributed by atoms with Crippen LogP contribution in [0.4, 0.5) is 0 Å². The van der Waals surface area contributed by atoms with Crippen LogP contribution in [0.3, 0.4) is 0 Å². The quantitative estimate of drug-likeness (QED) is 0.751. The number of hydrogen-bond acceptors (Lipinski definition) is 3. The minimum Gasteiger partial charge on any atom is -0.496 e. The summed E-state index contributed by atoms with van der Waals surface area (Å²) in [6.07, 6.45) is 0. The van der Waals surface area contributed by atoms with Crippen LogP contribution in [0.25, 0.3) is 11.3 Å². The maximum absolute atomic E-state index is 5.36. The van der Waals surface area contributed by atoms with E-state index in [0.29, 0.717) is 0 Å². The Bertz CT molecular complexity index is 423. The van der Waals surface area contributed by atoms with Gasteiger partial charge in [-0.25, -0.2) is 0 Å². The van der Waals surface area contributed by atoms with Gasteiger partial charge >= 0.3 is 0 Å². The van der Waals surface area contributed by atoms with Crippen LogP contribution < -0.4 is 4.74 Å². The Hall–Kier alpha value is -1.35. The Balaban J connectivity index is 2.58. The van der Waals surface area contributed by atoms with E-state index in [9.17, 15) is 0 Å². The van der Waals surface area contributed by atoms with Crippen LogP contribution in [-0.2, 0) is 0 Å². The number of methoxy groups -OCH3 is 1. The average molecular weight is 205 g/mol. The molecular weight excluding hydrogens is 194 g/mol. The normalized spacial score (nSPS) is 10.1. The summed E-state index contributed by atoms with van der Waals surface area (Å²) in [6.45, 7) is 2.04. The lowest BCUT2D eigenvalue weighted by molar-refractivity contribution is 0.413. The van der Waals surface area contributed by atoms with E-state index < -0.39 is 0 Å². The molecule has 2 rings (SSSR count). The summed E-state index contributed by atoms with van der Waals surface area (Å²) in [5.74, 6) is 0.915. The van der Waals surface area contributed by atoms with Crippen molar-refractivity contribution in [2.24, 2.45) is 0 Å². The molecule has 0 aliphatic rings. The second-order valence-electron chi connectivity index (χ2n) is 3.04. The van der Waals surface area contributed by atoms with Crippen molar-refractivity contribution in [3.63, 3.8) is 0 Å². The first-order chi connectivity index (χ1) is 6.83.